The molecule has 20 heavy (non-hydrogen) atoms. The lowest BCUT2D eigenvalue weighted by Crippen LogP contribution is -2.45. The first kappa shape index (κ1) is 15.9. The van der Waals surface area contributed by atoms with E-state index in [1.807, 2.05) is 13.8 Å². The zero-order valence-corrected chi connectivity index (χ0v) is 14.3. The van der Waals surface area contributed by atoms with Gasteiger partial charge in [0.25, 0.3) is 0 Å². The number of nitrogens with zero attached hydrogens (tertiary/aromatic N) is 1. The molecule has 0 aromatic heterocycles. The van der Waals surface area contributed by atoms with Crippen molar-refractivity contribution in [2.45, 2.75) is 37.6 Å². The molecule has 1 aliphatic heterocycles. The fourth-order valence-corrected chi connectivity index (χ4v) is 4.66. The first-order valence-corrected chi connectivity index (χ1v) is 9.19. The van der Waals surface area contributed by atoms with E-state index in [1.165, 1.54) is 0 Å². The fourth-order valence-electron chi connectivity index (χ4n) is 2.63. The van der Waals surface area contributed by atoms with Gasteiger partial charge in [-0.25, -0.2) is 8.42 Å². The van der Waals surface area contributed by atoms with Gasteiger partial charge in [0.2, 0.25) is 10.0 Å². The Bertz CT molecular complexity index is 569. The number of hydrogen-bond donors (Lipinski definition) is 1. The number of sulfonamides is 1. The molecule has 0 amide bonds. The zero-order valence-electron chi connectivity index (χ0n) is 11.9. The largest absolute Gasteiger partial charge is 0.317 e. The van der Waals surface area contributed by atoms with E-state index in [0.717, 1.165) is 36.0 Å². The molecule has 1 saturated heterocycles. The Morgan fingerprint density at radius 1 is 1.35 bits per heavy atom. The molecule has 1 aromatic carbocycles. The van der Waals surface area contributed by atoms with Crippen LogP contribution in [-0.4, -0.2) is 38.4 Å². The monoisotopic (exact) mass is 360 g/mol. The standard InChI is InChI=1S/C14H21BrN2O2S/c1-3-17(12-6-8-16-9-7-12)20(18,19)13-4-5-14(15)11(2)10-13/h4-5,10,12,16H,3,6-9H2,1-2H3. The van der Waals surface area contributed by atoms with Gasteiger partial charge >= 0.3 is 0 Å². The lowest BCUT2D eigenvalue weighted by atomic mass is 10.1. The quantitative estimate of drug-likeness (QED) is 0.897. The molecule has 2 rings (SSSR count). The van der Waals surface area contributed by atoms with E-state index in [-0.39, 0.29) is 6.04 Å². The normalized spacial score (nSPS) is 17.6. The second-order valence-corrected chi connectivity index (χ2v) is 7.85. The van der Waals surface area contributed by atoms with Crippen LogP contribution in [0.5, 0.6) is 0 Å². The van der Waals surface area contributed by atoms with Crippen LogP contribution in [0.3, 0.4) is 0 Å². The van der Waals surface area contributed by atoms with E-state index in [1.54, 1.807) is 22.5 Å². The molecule has 0 saturated carbocycles. The number of hydrogen-bond acceptors (Lipinski definition) is 3. The maximum absolute atomic E-state index is 12.8. The predicted molar refractivity (Wildman–Crippen MR) is 84.3 cm³/mol. The van der Waals surface area contributed by atoms with Crippen LogP contribution in [0.25, 0.3) is 0 Å². The molecule has 1 aromatic rings. The Balaban J connectivity index is 2.32. The van der Waals surface area contributed by atoms with Crippen molar-refractivity contribution in [1.82, 2.24) is 9.62 Å². The smallest absolute Gasteiger partial charge is 0.243 e. The highest BCUT2D eigenvalue weighted by Gasteiger charge is 2.31. The fraction of sp³-hybridized carbons (Fsp3) is 0.571. The third-order valence-electron chi connectivity index (χ3n) is 3.76. The van der Waals surface area contributed by atoms with Gasteiger partial charge in [0, 0.05) is 17.1 Å². The van der Waals surface area contributed by atoms with Gasteiger partial charge < -0.3 is 5.32 Å². The Hall–Kier alpha value is -0.430. The van der Waals surface area contributed by atoms with Crippen LogP contribution in [0.4, 0.5) is 0 Å². The van der Waals surface area contributed by atoms with Gasteiger partial charge in [-0.2, -0.15) is 4.31 Å². The summed E-state index contributed by atoms with van der Waals surface area (Å²) in [7, 11) is -3.41. The summed E-state index contributed by atoms with van der Waals surface area (Å²) in [5.74, 6) is 0. The number of piperidine rings is 1. The summed E-state index contributed by atoms with van der Waals surface area (Å²) in [6.45, 7) is 6.10. The molecule has 6 heteroatoms. The average Bonchev–Trinajstić information content (AvgIpc) is 2.43. The van der Waals surface area contributed by atoms with Gasteiger partial charge in [-0.15, -0.1) is 0 Å². The summed E-state index contributed by atoms with van der Waals surface area (Å²) in [5, 5.41) is 3.27. The molecule has 1 heterocycles. The van der Waals surface area contributed by atoms with Crippen LogP contribution in [0, 0.1) is 6.92 Å². The first-order valence-electron chi connectivity index (χ1n) is 6.95. The molecule has 1 N–H and O–H groups in total. The van der Waals surface area contributed by atoms with Crippen LogP contribution in [-0.2, 0) is 10.0 Å². The van der Waals surface area contributed by atoms with Crippen LogP contribution in [0.1, 0.15) is 25.3 Å². The molecular weight excluding hydrogens is 340 g/mol. The van der Waals surface area contributed by atoms with Crippen LogP contribution in [0.2, 0.25) is 0 Å². The SMILES string of the molecule is CCN(C1CCNCC1)S(=O)(=O)c1ccc(Br)c(C)c1. The molecule has 1 aliphatic rings. The lowest BCUT2D eigenvalue weighted by molar-refractivity contribution is 0.271. The van der Waals surface area contributed by atoms with E-state index in [0.29, 0.717) is 11.4 Å². The minimum Gasteiger partial charge on any atom is -0.317 e. The van der Waals surface area contributed by atoms with Crippen molar-refractivity contribution in [2.75, 3.05) is 19.6 Å². The second kappa shape index (κ2) is 6.56. The van der Waals surface area contributed by atoms with E-state index < -0.39 is 10.0 Å². The first-order chi connectivity index (χ1) is 9.46. The molecule has 0 bridgehead atoms. The number of aryl methyl sites for hydroxylation is 1. The minimum atomic E-state index is -3.41. The van der Waals surface area contributed by atoms with Gasteiger partial charge in [0.1, 0.15) is 0 Å². The van der Waals surface area contributed by atoms with E-state index in [9.17, 15) is 8.42 Å². The Morgan fingerprint density at radius 3 is 2.55 bits per heavy atom. The molecular formula is C14H21BrN2O2S. The topological polar surface area (TPSA) is 49.4 Å². The second-order valence-electron chi connectivity index (χ2n) is 5.10. The van der Waals surface area contributed by atoms with Crippen LogP contribution < -0.4 is 5.32 Å². The third kappa shape index (κ3) is 3.24. The molecule has 0 aliphatic carbocycles. The van der Waals surface area contributed by atoms with Gasteiger partial charge in [-0.3, -0.25) is 0 Å². The average molecular weight is 361 g/mol. The summed E-state index contributed by atoms with van der Waals surface area (Å²) in [6, 6.07) is 5.33. The number of benzene rings is 1. The van der Waals surface area contributed by atoms with Gasteiger partial charge in [0.15, 0.2) is 0 Å². The lowest BCUT2D eigenvalue weighted by Gasteiger charge is -2.33. The predicted octanol–water partition coefficient (Wildman–Crippen LogP) is 2.52. The van der Waals surface area contributed by atoms with Crippen molar-refractivity contribution >= 4 is 26.0 Å². The summed E-state index contributed by atoms with van der Waals surface area (Å²) in [4.78, 5) is 0.388. The number of halogens is 1. The summed E-state index contributed by atoms with van der Waals surface area (Å²) >= 11 is 3.41. The van der Waals surface area contributed by atoms with E-state index in [4.69, 9.17) is 0 Å². The van der Waals surface area contributed by atoms with Gasteiger partial charge in [-0.1, -0.05) is 22.9 Å². The maximum atomic E-state index is 12.8. The maximum Gasteiger partial charge on any atom is 0.243 e. The molecule has 0 atom stereocenters. The number of nitrogens with one attached hydrogen (secondary N) is 1. The molecule has 1 fully saturated rings. The molecule has 112 valence electrons. The molecule has 0 unspecified atom stereocenters. The van der Waals surface area contributed by atoms with Gasteiger partial charge in [0.05, 0.1) is 4.90 Å². The summed E-state index contributed by atoms with van der Waals surface area (Å²) < 4.78 is 28.2. The Kier molecular flexibility index (Phi) is 5.23. The summed E-state index contributed by atoms with van der Waals surface area (Å²) in [5.41, 5.74) is 0.937. The molecule has 4 nitrogen and oxygen atoms in total. The highest BCUT2D eigenvalue weighted by molar-refractivity contribution is 9.10. The van der Waals surface area contributed by atoms with Crippen molar-refractivity contribution in [3.63, 3.8) is 0 Å². The van der Waals surface area contributed by atoms with Crippen molar-refractivity contribution in [1.29, 1.82) is 0 Å². The summed E-state index contributed by atoms with van der Waals surface area (Å²) in [6.07, 6.45) is 1.76. The van der Waals surface area contributed by atoms with E-state index in [2.05, 4.69) is 21.2 Å². The Labute approximate surface area is 129 Å². The van der Waals surface area contributed by atoms with Crippen molar-refractivity contribution in [2.24, 2.45) is 0 Å². The number of rotatable bonds is 4. The third-order valence-corrected chi connectivity index (χ3v) is 6.68. The van der Waals surface area contributed by atoms with Gasteiger partial charge in [-0.05, 0) is 56.6 Å². The van der Waals surface area contributed by atoms with Crippen LogP contribution >= 0.6 is 15.9 Å². The van der Waals surface area contributed by atoms with E-state index >= 15 is 0 Å². The zero-order chi connectivity index (χ0) is 14.8. The minimum absolute atomic E-state index is 0.107. The van der Waals surface area contributed by atoms with Crippen molar-refractivity contribution in [3.05, 3.63) is 28.2 Å². The molecule has 0 spiro atoms. The highest BCUT2D eigenvalue weighted by atomic mass is 79.9. The van der Waals surface area contributed by atoms with Crippen molar-refractivity contribution < 1.29 is 8.42 Å². The molecule has 0 radical (unpaired) electrons. The highest BCUT2D eigenvalue weighted by Crippen LogP contribution is 2.25. The van der Waals surface area contributed by atoms with Crippen LogP contribution in [0.15, 0.2) is 27.6 Å². The Morgan fingerprint density at radius 2 is 2.00 bits per heavy atom. The van der Waals surface area contributed by atoms with Crippen molar-refractivity contribution in [3.8, 4) is 0 Å².